The summed E-state index contributed by atoms with van der Waals surface area (Å²) in [4.78, 5) is 16.3. The standard InChI is InChI=1S/C22H29F3N8O/c1-4-16-18-19(33(31-16)10-11-34-13-22(23,24)25)20(28-17-7-5-6-14(2)27-17)30-21(29-18)32-9-8-26-15(3)12-32/h5-7,15,26H,4,8-13H2,1-3H3,(H,27,28,29,30)/t15-/m1/s1. The lowest BCUT2D eigenvalue weighted by Crippen LogP contribution is -2.49. The van der Waals surface area contributed by atoms with Crippen LogP contribution in [0.1, 0.15) is 25.2 Å². The minimum Gasteiger partial charge on any atom is -0.370 e. The first-order chi connectivity index (χ1) is 16.2. The number of anilines is 3. The van der Waals surface area contributed by atoms with E-state index in [2.05, 4.69) is 32.5 Å². The monoisotopic (exact) mass is 478 g/mol. The van der Waals surface area contributed by atoms with E-state index in [1.165, 1.54) is 0 Å². The Balaban J connectivity index is 1.74. The zero-order valence-corrected chi connectivity index (χ0v) is 19.5. The molecule has 12 heteroatoms. The van der Waals surface area contributed by atoms with Crippen molar-refractivity contribution in [2.45, 2.75) is 46.0 Å². The summed E-state index contributed by atoms with van der Waals surface area (Å²) in [6.07, 6.45) is -3.76. The third-order valence-electron chi connectivity index (χ3n) is 5.48. The van der Waals surface area contributed by atoms with Crippen LogP contribution in [0.15, 0.2) is 18.2 Å². The number of aryl methyl sites for hydroxylation is 2. The fourth-order valence-corrected chi connectivity index (χ4v) is 3.95. The van der Waals surface area contributed by atoms with E-state index in [4.69, 9.17) is 14.7 Å². The Morgan fingerprint density at radius 2 is 2.06 bits per heavy atom. The van der Waals surface area contributed by atoms with Crippen LogP contribution in [0, 0.1) is 6.92 Å². The Morgan fingerprint density at radius 3 is 2.76 bits per heavy atom. The first-order valence-corrected chi connectivity index (χ1v) is 11.3. The number of ether oxygens (including phenoxy) is 1. The molecule has 0 radical (unpaired) electrons. The minimum atomic E-state index is -4.37. The molecule has 3 aromatic heterocycles. The second kappa shape index (κ2) is 10.1. The molecule has 0 aromatic carbocycles. The largest absolute Gasteiger partial charge is 0.411 e. The zero-order valence-electron chi connectivity index (χ0n) is 19.5. The van der Waals surface area contributed by atoms with Gasteiger partial charge in [0.05, 0.1) is 18.8 Å². The third-order valence-corrected chi connectivity index (χ3v) is 5.48. The minimum absolute atomic E-state index is 0.135. The molecule has 1 aliphatic rings. The van der Waals surface area contributed by atoms with Crippen molar-refractivity contribution in [3.63, 3.8) is 0 Å². The second-order valence-electron chi connectivity index (χ2n) is 8.35. The number of halogens is 3. The van der Waals surface area contributed by atoms with Gasteiger partial charge in [-0.1, -0.05) is 13.0 Å². The number of alkyl halides is 3. The Morgan fingerprint density at radius 1 is 1.24 bits per heavy atom. The number of pyridine rings is 1. The molecule has 0 aliphatic carbocycles. The van der Waals surface area contributed by atoms with E-state index >= 15 is 0 Å². The lowest BCUT2D eigenvalue weighted by atomic mass is 10.2. The van der Waals surface area contributed by atoms with Crippen LogP contribution in [-0.2, 0) is 17.7 Å². The van der Waals surface area contributed by atoms with Crippen molar-refractivity contribution >= 4 is 28.6 Å². The summed E-state index contributed by atoms with van der Waals surface area (Å²) in [6.45, 7) is 7.01. The molecule has 0 spiro atoms. The van der Waals surface area contributed by atoms with E-state index in [1.54, 1.807) is 4.68 Å². The Labute approximate surface area is 195 Å². The molecular formula is C22H29F3N8O. The van der Waals surface area contributed by atoms with E-state index in [0.717, 1.165) is 31.0 Å². The summed E-state index contributed by atoms with van der Waals surface area (Å²) in [5.74, 6) is 1.70. The summed E-state index contributed by atoms with van der Waals surface area (Å²) in [7, 11) is 0. The number of nitrogens with zero attached hydrogens (tertiary/aromatic N) is 6. The van der Waals surface area contributed by atoms with Crippen LogP contribution < -0.4 is 15.5 Å². The average molecular weight is 479 g/mol. The topological polar surface area (TPSA) is 93.0 Å². The maximum atomic E-state index is 12.5. The fourth-order valence-electron chi connectivity index (χ4n) is 3.95. The van der Waals surface area contributed by atoms with Crippen molar-refractivity contribution < 1.29 is 17.9 Å². The average Bonchev–Trinajstić information content (AvgIpc) is 3.14. The molecule has 0 unspecified atom stereocenters. The molecule has 0 bridgehead atoms. The summed E-state index contributed by atoms with van der Waals surface area (Å²) >= 11 is 0. The maximum absolute atomic E-state index is 12.5. The van der Waals surface area contributed by atoms with Gasteiger partial charge in [-0.15, -0.1) is 0 Å². The highest BCUT2D eigenvalue weighted by molar-refractivity contribution is 5.90. The van der Waals surface area contributed by atoms with E-state index in [9.17, 15) is 13.2 Å². The molecule has 0 amide bonds. The maximum Gasteiger partial charge on any atom is 0.411 e. The zero-order chi connectivity index (χ0) is 24.3. The van der Waals surface area contributed by atoms with Gasteiger partial charge in [-0.05, 0) is 32.4 Å². The summed E-state index contributed by atoms with van der Waals surface area (Å²) in [5.41, 5.74) is 2.88. The Hall–Kier alpha value is -2.99. The molecule has 1 aliphatic heterocycles. The van der Waals surface area contributed by atoms with Crippen LogP contribution in [0.2, 0.25) is 0 Å². The molecule has 4 heterocycles. The molecule has 9 nitrogen and oxygen atoms in total. The molecule has 184 valence electrons. The van der Waals surface area contributed by atoms with Gasteiger partial charge in [0.25, 0.3) is 0 Å². The van der Waals surface area contributed by atoms with Gasteiger partial charge in [0.1, 0.15) is 23.5 Å². The van der Waals surface area contributed by atoms with Gasteiger partial charge in [-0.25, -0.2) is 9.97 Å². The molecule has 0 saturated carbocycles. The van der Waals surface area contributed by atoms with Crippen LogP contribution in [0.25, 0.3) is 11.0 Å². The molecule has 4 rings (SSSR count). The van der Waals surface area contributed by atoms with Gasteiger partial charge >= 0.3 is 6.18 Å². The predicted octanol–water partition coefficient (Wildman–Crippen LogP) is 3.21. The normalized spacial score (nSPS) is 16.9. The quantitative estimate of drug-likeness (QED) is 0.477. The molecule has 3 aromatic rings. The molecular weight excluding hydrogens is 449 g/mol. The summed E-state index contributed by atoms with van der Waals surface area (Å²) in [6, 6.07) is 5.91. The summed E-state index contributed by atoms with van der Waals surface area (Å²) in [5, 5.41) is 11.3. The smallest absolute Gasteiger partial charge is 0.370 e. The molecule has 1 saturated heterocycles. The number of rotatable bonds is 8. The number of hydrogen-bond donors (Lipinski definition) is 2. The van der Waals surface area contributed by atoms with Crippen LogP contribution in [0.5, 0.6) is 0 Å². The lowest BCUT2D eigenvalue weighted by molar-refractivity contribution is -0.174. The van der Waals surface area contributed by atoms with Gasteiger partial charge < -0.3 is 20.3 Å². The van der Waals surface area contributed by atoms with E-state index in [1.807, 2.05) is 32.0 Å². The van der Waals surface area contributed by atoms with Crippen LogP contribution in [0.3, 0.4) is 0 Å². The molecule has 34 heavy (non-hydrogen) atoms. The SMILES string of the molecule is CCc1nn(CCOCC(F)(F)F)c2c(Nc3cccc(C)n3)nc(N3CCN[C@H](C)C3)nc12. The van der Waals surface area contributed by atoms with E-state index in [0.29, 0.717) is 41.1 Å². The summed E-state index contributed by atoms with van der Waals surface area (Å²) < 4.78 is 43.9. The second-order valence-corrected chi connectivity index (χ2v) is 8.35. The van der Waals surface area contributed by atoms with Crippen molar-refractivity contribution in [3.8, 4) is 0 Å². The highest BCUT2D eigenvalue weighted by atomic mass is 19.4. The van der Waals surface area contributed by atoms with Crippen molar-refractivity contribution in [3.05, 3.63) is 29.6 Å². The number of hydrogen-bond acceptors (Lipinski definition) is 8. The lowest BCUT2D eigenvalue weighted by Gasteiger charge is -2.32. The predicted molar refractivity (Wildman–Crippen MR) is 124 cm³/mol. The molecule has 1 fully saturated rings. The number of fused-ring (bicyclic) bond motifs is 1. The first-order valence-electron chi connectivity index (χ1n) is 11.3. The Kier molecular flexibility index (Phi) is 7.17. The third kappa shape index (κ3) is 5.73. The van der Waals surface area contributed by atoms with Gasteiger partial charge in [0.2, 0.25) is 5.95 Å². The Bertz CT molecular complexity index is 1130. The fraction of sp³-hybridized carbons (Fsp3) is 0.545. The van der Waals surface area contributed by atoms with Gasteiger partial charge in [0.15, 0.2) is 5.82 Å². The number of aromatic nitrogens is 5. The molecule has 1 atom stereocenters. The van der Waals surface area contributed by atoms with E-state index < -0.39 is 12.8 Å². The van der Waals surface area contributed by atoms with Gasteiger partial charge in [-0.2, -0.15) is 23.3 Å². The highest BCUT2D eigenvalue weighted by Crippen LogP contribution is 2.29. The number of nitrogens with one attached hydrogen (secondary N) is 2. The van der Waals surface area contributed by atoms with Crippen molar-refractivity contribution in [1.29, 1.82) is 0 Å². The van der Waals surface area contributed by atoms with Crippen LogP contribution >= 0.6 is 0 Å². The number of piperazine rings is 1. The van der Waals surface area contributed by atoms with Crippen molar-refractivity contribution in [2.75, 3.05) is 43.1 Å². The van der Waals surface area contributed by atoms with Crippen LogP contribution in [0.4, 0.5) is 30.8 Å². The first kappa shape index (κ1) is 24.1. The van der Waals surface area contributed by atoms with Crippen molar-refractivity contribution in [1.82, 2.24) is 30.0 Å². The van der Waals surface area contributed by atoms with E-state index in [-0.39, 0.29) is 13.2 Å². The highest BCUT2D eigenvalue weighted by Gasteiger charge is 2.28. The molecule has 2 N–H and O–H groups in total. The van der Waals surface area contributed by atoms with Crippen LogP contribution in [-0.4, -0.2) is 69.8 Å². The van der Waals surface area contributed by atoms with Gasteiger partial charge in [-0.3, -0.25) is 4.68 Å². The van der Waals surface area contributed by atoms with Crippen molar-refractivity contribution in [2.24, 2.45) is 0 Å². The van der Waals surface area contributed by atoms with Gasteiger partial charge in [0, 0.05) is 31.4 Å².